The lowest BCUT2D eigenvalue weighted by Crippen LogP contribution is -2.36. The van der Waals surface area contributed by atoms with Gasteiger partial charge in [0.2, 0.25) is 5.43 Å². The smallest absolute Gasteiger partial charge is 0.420 e. The first-order valence-electron chi connectivity index (χ1n) is 10.1. The quantitative estimate of drug-likeness (QED) is 0.651. The SMILES string of the molecule is CCOc1ccc(N(C(=O)OC(C)(C)C)c2c(CC)c(=O)c(C#N)c3cc[nH]n23)cc1. The number of anilines is 2. The molecular weight excluding hydrogens is 396 g/mol. The van der Waals surface area contributed by atoms with Gasteiger partial charge in [0.1, 0.15) is 28.8 Å². The van der Waals surface area contributed by atoms with Crippen LogP contribution in [-0.4, -0.2) is 27.9 Å². The predicted octanol–water partition coefficient (Wildman–Crippen LogP) is 4.53. The number of nitriles is 1. The first-order chi connectivity index (χ1) is 14.7. The summed E-state index contributed by atoms with van der Waals surface area (Å²) in [6.07, 6.45) is 1.30. The average molecular weight is 422 g/mol. The van der Waals surface area contributed by atoms with Gasteiger partial charge in [-0.15, -0.1) is 0 Å². The minimum Gasteiger partial charge on any atom is -0.494 e. The summed E-state index contributed by atoms with van der Waals surface area (Å²) in [7, 11) is 0. The Morgan fingerprint density at radius 3 is 2.42 bits per heavy atom. The molecule has 8 heteroatoms. The maximum atomic E-state index is 13.3. The van der Waals surface area contributed by atoms with E-state index in [-0.39, 0.29) is 5.56 Å². The van der Waals surface area contributed by atoms with E-state index in [1.54, 1.807) is 61.8 Å². The summed E-state index contributed by atoms with van der Waals surface area (Å²) in [5.74, 6) is 0.970. The Morgan fingerprint density at radius 1 is 1.19 bits per heavy atom. The molecule has 0 saturated heterocycles. The number of ether oxygens (including phenoxy) is 2. The number of pyridine rings is 1. The molecule has 0 bridgehead atoms. The van der Waals surface area contributed by atoms with Crippen LogP contribution in [-0.2, 0) is 11.2 Å². The van der Waals surface area contributed by atoms with Crippen molar-refractivity contribution in [2.24, 2.45) is 0 Å². The summed E-state index contributed by atoms with van der Waals surface area (Å²) in [6.45, 7) is 9.54. The lowest BCUT2D eigenvalue weighted by molar-refractivity contribution is 0.0597. The Morgan fingerprint density at radius 2 is 1.87 bits per heavy atom. The van der Waals surface area contributed by atoms with Gasteiger partial charge in [-0.25, -0.2) is 14.2 Å². The number of fused-ring (bicyclic) bond motifs is 1. The molecule has 0 aliphatic heterocycles. The summed E-state index contributed by atoms with van der Waals surface area (Å²) in [4.78, 5) is 27.8. The molecule has 162 valence electrons. The average Bonchev–Trinajstić information content (AvgIpc) is 3.18. The lowest BCUT2D eigenvalue weighted by atomic mass is 10.1. The number of hydrogen-bond acceptors (Lipinski definition) is 5. The highest BCUT2D eigenvalue weighted by molar-refractivity contribution is 5.97. The first-order valence-corrected chi connectivity index (χ1v) is 10.1. The second-order valence-electron chi connectivity index (χ2n) is 7.90. The number of aromatic amines is 1. The van der Waals surface area contributed by atoms with Gasteiger partial charge in [0.25, 0.3) is 0 Å². The van der Waals surface area contributed by atoms with E-state index in [9.17, 15) is 14.9 Å². The molecule has 8 nitrogen and oxygen atoms in total. The molecule has 0 spiro atoms. The summed E-state index contributed by atoms with van der Waals surface area (Å²) in [6, 6.07) is 10.6. The first kappa shape index (κ1) is 22.0. The van der Waals surface area contributed by atoms with Gasteiger partial charge in [-0.3, -0.25) is 9.89 Å². The molecule has 0 unspecified atom stereocenters. The van der Waals surface area contributed by atoms with Crippen LogP contribution in [0.3, 0.4) is 0 Å². The van der Waals surface area contributed by atoms with E-state index in [0.717, 1.165) is 0 Å². The molecule has 31 heavy (non-hydrogen) atoms. The Balaban J connectivity index is 2.31. The Bertz CT molecular complexity index is 1190. The fourth-order valence-corrected chi connectivity index (χ4v) is 3.35. The highest BCUT2D eigenvalue weighted by atomic mass is 16.6. The molecule has 3 aromatic rings. The number of benzene rings is 1. The summed E-state index contributed by atoms with van der Waals surface area (Å²) >= 11 is 0. The van der Waals surface area contributed by atoms with Crippen molar-refractivity contribution in [1.82, 2.24) is 9.61 Å². The van der Waals surface area contributed by atoms with Gasteiger partial charge in [-0.2, -0.15) is 5.26 Å². The van der Waals surface area contributed by atoms with Gasteiger partial charge < -0.3 is 9.47 Å². The third-order valence-corrected chi connectivity index (χ3v) is 4.58. The standard InChI is InChI=1S/C23H26N4O4/c1-6-17-20(28)18(14-24)19-12-13-25-27(19)21(17)26(22(29)31-23(3,4)5)15-8-10-16(11-9-15)30-7-2/h8-13,25H,6-7H2,1-5H3. The van der Waals surface area contributed by atoms with Crippen molar-refractivity contribution in [3.63, 3.8) is 0 Å². The van der Waals surface area contributed by atoms with Gasteiger partial charge in [0.15, 0.2) is 0 Å². The van der Waals surface area contributed by atoms with Crippen LogP contribution in [0.25, 0.3) is 5.52 Å². The van der Waals surface area contributed by atoms with Crippen LogP contribution in [0.4, 0.5) is 16.3 Å². The molecule has 0 radical (unpaired) electrons. The predicted molar refractivity (Wildman–Crippen MR) is 118 cm³/mol. The lowest BCUT2D eigenvalue weighted by Gasteiger charge is -2.29. The number of hydrogen-bond donors (Lipinski definition) is 1. The van der Waals surface area contributed by atoms with E-state index in [4.69, 9.17) is 9.47 Å². The van der Waals surface area contributed by atoms with Crippen LogP contribution < -0.4 is 15.1 Å². The topological polar surface area (TPSA) is 99.8 Å². The summed E-state index contributed by atoms with van der Waals surface area (Å²) in [5.41, 5.74) is 0.0893. The maximum Gasteiger partial charge on any atom is 0.420 e. The molecule has 1 aromatic carbocycles. The zero-order chi connectivity index (χ0) is 22.8. The minimum absolute atomic E-state index is 0.0256. The monoisotopic (exact) mass is 422 g/mol. The van der Waals surface area contributed by atoms with Crippen LogP contribution in [0, 0.1) is 11.3 Å². The van der Waals surface area contributed by atoms with Gasteiger partial charge >= 0.3 is 6.09 Å². The molecule has 1 amide bonds. The molecule has 2 heterocycles. The fraction of sp³-hybridized carbons (Fsp3) is 0.348. The molecule has 0 atom stereocenters. The second kappa shape index (κ2) is 8.56. The van der Waals surface area contributed by atoms with Crippen molar-refractivity contribution in [2.75, 3.05) is 11.5 Å². The van der Waals surface area contributed by atoms with Crippen LogP contribution in [0.1, 0.15) is 45.7 Å². The van der Waals surface area contributed by atoms with Crippen molar-refractivity contribution in [1.29, 1.82) is 5.26 Å². The van der Waals surface area contributed by atoms with Gasteiger partial charge in [-0.05, 0) is 64.4 Å². The van der Waals surface area contributed by atoms with E-state index in [0.29, 0.717) is 41.4 Å². The highest BCUT2D eigenvalue weighted by Crippen LogP contribution is 2.32. The van der Waals surface area contributed by atoms with Gasteiger partial charge in [0.05, 0.1) is 17.8 Å². The van der Waals surface area contributed by atoms with Crippen molar-refractivity contribution in [3.8, 4) is 11.8 Å². The van der Waals surface area contributed by atoms with E-state index < -0.39 is 17.1 Å². The summed E-state index contributed by atoms with van der Waals surface area (Å²) < 4.78 is 12.7. The minimum atomic E-state index is -0.751. The van der Waals surface area contributed by atoms with E-state index >= 15 is 0 Å². The number of nitrogens with zero attached hydrogens (tertiary/aromatic N) is 3. The van der Waals surface area contributed by atoms with Gasteiger partial charge in [0, 0.05) is 11.8 Å². The van der Waals surface area contributed by atoms with E-state index in [1.165, 1.54) is 4.90 Å². The number of amides is 1. The normalized spacial score (nSPS) is 11.2. The molecule has 1 N–H and O–H groups in total. The van der Waals surface area contributed by atoms with Crippen LogP contribution in [0.2, 0.25) is 0 Å². The van der Waals surface area contributed by atoms with Crippen LogP contribution in [0.15, 0.2) is 41.3 Å². The number of rotatable bonds is 5. The summed E-state index contributed by atoms with van der Waals surface area (Å²) in [5, 5.41) is 12.6. The molecule has 2 aromatic heterocycles. The molecule has 3 rings (SSSR count). The fourth-order valence-electron chi connectivity index (χ4n) is 3.35. The van der Waals surface area contributed by atoms with Gasteiger partial charge in [-0.1, -0.05) is 6.92 Å². The molecule has 0 aliphatic carbocycles. The number of carbonyl (C=O) groups is 1. The van der Waals surface area contributed by atoms with Crippen molar-refractivity contribution in [3.05, 3.63) is 57.9 Å². The zero-order valence-corrected chi connectivity index (χ0v) is 18.4. The zero-order valence-electron chi connectivity index (χ0n) is 18.4. The molecule has 0 fully saturated rings. The highest BCUT2D eigenvalue weighted by Gasteiger charge is 2.30. The van der Waals surface area contributed by atoms with Crippen LogP contribution >= 0.6 is 0 Å². The van der Waals surface area contributed by atoms with E-state index in [1.807, 2.05) is 19.9 Å². The number of H-pyrrole nitrogens is 1. The molecular formula is C23H26N4O4. The Kier molecular flexibility index (Phi) is 6.07. The van der Waals surface area contributed by atoms with Crippen molar-refractivity contribution in [2.45, 2.75) is 46.6 Å². The largest absolute Gasteiger partial charge is 0.494 e. The second-order valence-corrected chi connectivity index (χ2v) is 7.90. The number of aromatic nitrogens is 2. The van der Waals surface area contributed by atoms with E-state index in [2.05, 4.69) is 5.10 Å². The van der Waals surface area contributed by atoms with Crippen molar-refractivity contribution >= 4 is 23.1 Å². The number of nitrogens with one attached hydrogen (secondary N) is 1. The Labute approximate surface area is 180 Å². The Hall–Kier alpha value is -3.73. The third-order valence-electron chi connectivity index (χ3n) is 4.58. The third kappa shape index (κ3) is 4.26. The molecule has 0 aliphatic rings. The molecule has 0 saturated carbocycles. The maximum absolute atomic E-state index is 13.3. The van der Waals surface area contributed by atoms with Crippen molar-refractivity contribution < 1.29 is 14.3 Å². The van der Waals surface area contributed by atoms with Crippen LogP contribution in [0.5, 0.6) is 5.75 Å². The number of carbonyl (C=O) groups excluding carboxylic acids is 1.